The predicted molar refractivity (Wildman–Crippen MR) is 94.6 cm³/mol. The number of hydrogen-bond donors (Lipinski definition) is 3. The van der Waals surface area contributed by atoms with Gasteiger partial charge in [0.2, 0.25) is 0 Å². The summed E-state index contributed by atoms with van der Waals surface area (Å²) in [6.07, 6.45) is 1.39. The number of phenolic OH excluding ortho intramolecular Hbond substituents is 1. The van der Waals surface area contributed by atoms with Crippen molar-refractivity contribution in [2.75, 3.05) is 20.3 Å². The van der Waals surface area contributed by atoms with Crippen molar-refractivity contribution in [3.63, 3.8) is 0 Å². The Hall–Kier alpha value is -3.32. The molecule has 2 rings (SSSR count). The molecule has 26 heavy (non-hydrogen) atoms. The number of carbonyl (C=O) groups is 2. The van der Waals surface area contributed by atoms with Crippen LogP contribution in [0, 0.1) is 0 Å². The van der Waals surface area contributed by atoms with E-state index in [0.717, 1.165) is 0 Å². The average molecular weight is 357 g/mol. The first kappa shape index (κ1) is 19.0. The first-order valence-electron chi connectivity index (χ1n) is 7.78. The third kappa shape index (κ3) is 5.09. The Kier molecular flexibility index (Phi) is 6.75. The maximum absolute atomic E-state index is 12.3. The monoisotopic (exact) mass is 357 g/mol. The number of methoxy groups -OCH3 is 1. The molecule has 0 saturated heterocycles. The summed E-state index contributed by atoms with van der Waals surface area (Å²) in [5, 5.41) is 21.0. The second kappa shape index (κ2) is 9.24. The van der Waals surface area contributed by atoms with E-state index in [1.807, 2.05) is 0 Å². The normalized spacial score (nSPS) is 10.9. The summed E-state index contributed by atoms with van der Waals surface area (Å²) >= 11 is 0. The second-order valence-electron chi connectivity index (χ2n) is 5.17. The highest BCUT2D eigenvalue weighted by Gasteiger charge is 2.16. The molecular formula is C19H19NO6. The minimum absolute atomic E-state index is 0.0534. The molecule has 0 radical (unpaired) electrons. The number of rotatable bonds is 7. The van der Waals surface area contributed by atoms with E-state index in [1.54, 1.807) is 36.4 Å². The fraction of sp³-hybridized carbons (Fsp3) is 0.158. The average Bonchev–Trinajstić information content (AvgIpc) is 2.67. The third-order valence-electron chi connectivity index (χ3n) is 3.34. The van der Waals surface area contributed by atoms with Crippen molar-refractivity contribution >= 4 is 18.0 Å². The molecule has 0 unspecified atom stereocenters. The number of esters is 1. The fourth-order valence-electron chi connectivity index (χ4n) is 2.10. The molecule has 0 bridgehead atoms. The summed E-state index contributed by atoms with van der Waals surface area (Å²) in [5.41, 5.74) is 0.764. The van der Waals surface area contributed by atoms with Crippen molar-refractivity contribution in [1.29, 1.82) is 0 Å². The highest BCUT2D eigenvalue weighted by Crippen LogP contribution is 2.27. The zero-order chi connectivity index (χ0) is 18.9. The number of ether oxygens (including phenoxy) is 2. The van der Waals surface area contributed by atoms with Crippen molar-refractivity contribution in [2.24, 2.45) is 0 Å². The quantitative estimate of drug-likeness (QED) is 0.515. The van der Waals surface area contributed by atoms with Crippen LogP contribution in [-0.4, -0.2) is 42.4 Å². The maximum atomic E-state index is 12.3. The molecule has 0 aliphatic carbocycles. The molecule has 0 atom stereocenters. The van der Waals surface area contributed by atoms with Crippen LogP contribution in [0.2, 0.25) is 0 Å². The molecule has 2 aromatic rings. The van der Waals surface area contributed by atoms with Gasteiger partial charge in [-0.1, -0.05) is 24.3 Å². The van der Waals surface area contributed by atoms with Crippen molar-refractivity contribution in [1.82, 2.24) is 5.32 Å². The SMILES string of the molecule is COc1cc(/C=C(\NC(=O)c2ccccc2)C(=O)OCCO)ccc1O. The highest BCUT2D eigenvalue weighted by atomic mass is 16.5. The summed E-state index contributed by atoms with van der Waals surface area (Å²) in [4.78, 5) is 24.5. The van der Waals surface area contributed by atoms with E-state index in [2.05, 4.69) is 5.32 Å². The van der Waals surface area contributed by atoms with Gasteiger partial charge in [-0.15, -0.1) is 0 Å². The number of aliphatic hydroxyl groups is 1. The van der Waals surface area contributed by atoms with Crippen LogP contribution in [0.4, 0.5) is 0 Å². The zero-order valence-corrected chi connectivity index (χ0v) is 14.1. The van der Waals surface area contributed by atoms with Gasteiger partial charge in [0.1, 0.15) is 12.3 Å². The van der Waals surface area contributed by atoms with E-state index >= 15 is 0 Å². The van der Waals surface area contributed by atoms with Crippen LogP contribution < -0.4 is 10.1 Å². The van der Waals surface area contributed by atoms with Gasteiger partial charge < -0.3 is 25.0 Å². The van der Waals surface area contributed by atoms with Crippen molar-refractivity contribution in [3.05, 3.63) is 65.4 Å². The van der Waals surface area contributed by atoms with Gasteiger partial charge >= 0.3 is 5.97 Å². The number of nitrogens with one attached hydrogen (secondary N) is 1. The lowest BCUT2D eigenvalue weighted by molar-refractivity contribution is -0.140. The topological polar surface area (TPSA) is 105 Å². The molecular weight excluding hydrogens is 338 g/mol. The lowest BCUT2D eigenvalue weighted by atomic mass is 10.1. The number of phenols is 1. The van der Waals surface area contributed by atoms with E-state index in [-0.39, 0.29) is 30.4 Å². The summed E-state index contributed by atoms with van der Waals surface area (Å²) in [6, 6.07) is 12.8. The van der Waals surface area contributed by atoms with Crippen molar-refractivity contribution in [3.8, 4) is 11.5 Å². The Morgan fingerprint density at radius 3 is 2.54 bits per heavy atom. The Morgan fingerprint density at radius 1 is 1.15 bits per heavy atom. The Bertz CT molecular complexity index is 801. The number of aliphatic hydroxyl groups excluding tert-OH is 1. The fourth-order valence-corrected chi connectivity index (χ4v) is 2.10. The van der Waals surface area contributed by atoms with Crippen LogP contribution in [0.15, 0.2) is 54.2 Å². The molecule has 0 aliphatic rings. The lowest BCUT2D eigenvalue weighted by Gasteiger charge is -2.10. The summed E-state index contributed by atoms with van der Waals surface area (Å²) < 4.78 is 9.92. The maximum Gasteiger partial charge on any atom is 0.354 e. The summed E-state index contributed by atoms with van der Waals surface area (Å²) in [6.45, 7) is -0.533. The van der Waals surface area contributed by atoms with Gasteiger partial charge in [-0.3, -0.25) is 4.79 Å². The van der Waals surface area contributed by atoms with Gasteiger partial charge in [0.15, 0.2) is 11.5 Å². The Balaban J connectivity index is 2.31. The summed E-state index contributed by atoms with van der Waals surface area (Å²) in [5.74, 6) is -1.11. The molecule has 1 amide bonds. The molecule has 0 aliphatic heterocycles. The molecule has 0 fully saturated rings. The number of carbonyl (C=O) groups excluding carboxylic acids is 2. The van der Waals surface area contributed by atoms with E-state index in [0.29, 0.717) is 11.1 Å². The largest absolute Gasteiger partial charge is 0.504 e. The first-order valence-corrected chi connectivity index (χ1v) is 7.78. The predicted octanol–water partition coefficient (Wildman–Crippen LogP) is 1.71. The number of amides is 1. The molecule has 7 nitrogen and oxygen atoms in total. The van der Waals surface area contributed by atoms with Gasteiger partial charge in [0, 0.05) is 5.56 Å². The van der Waals surface area contributed by atoms with Gasteiger partial charge in [-0.2, -0.15) is 0 Å². The Morgan fingerprint density at radius 2 is 1.88 bits per heavy atom. The van der Waals surface area contributed by atoms with Crippen molar-refractivity contribution < 1.29 is 29.3 Å². The molecule has 3 N–H and O–H groups in total. The minimum atomic E-state index is -0.796. The van der Waals surface area contributed by atoms with Crippen LogP contribution in [0.1, 0.15) is 15.9 Å². The lowest BCUT2D eigenvalue weighted by Crippen LogP contribution is -2.29. The molecule has 136 valence electrons. The minimum Gasteiger partial charge on any atom is -0.504 e. The van der Waals surface area contributed by atoms with Crippen LogP contribution in [-0.2, 0) is 9.53 Å². The van der Waals surface area contributed by atoms with E-state index in [9.17, 15) is 14.7 Å². The van der Waals surface area contributed by atoms with Gasteiger partial charge in [0.05, 0.1) is 13.7 Å². The molecule has 0 aromatic heterocycles. The Labute approximate surface area is 150 Å². The van der Waals surface area contributed by atoms with Crippen LogP contribution >= 0.6 is 0 Å². The molecule has 0 spiro atoms. The first-order chi connectivity index (χ1) is 12.5. The number of hydrogen-bond acceptors (Lipinski definition) is 6. The van der Waals surface area contributed by atoms with Gasteiger partial charge in [0.25, 0.3) is 5.91 Å². The molecule has 0 heterocycles. The van der Waals surface area contributed by atoms with E-state index < -0.39 is 11.9 Å². The third-order valence-corrected chi connectivity index (χ3v) is 3.34. The smallest absolute Gasteiger partial charge is 0.354 e. The van der Waals surface area contributed by atoms with E-state index in [1.165, 1.54) is 25.3 Å². The van der Waals surface area contributed by atoms with E-state index in [4.69, 9.17) is 14.6 Å². The highest BCUT2D eigenvalue weighted by molar-refractivity contribution is 6.03. The van der Waals surface area contributed by atoms with Crippen molar-refractivity contribution in [2.45, 2.75) is 0 Å². The molecule has 7 heteroatoms. The number of benzene rings is 2. The van der Waals surface area contributed by atoms with Crippen LogP contribution in [0.25, 0.3) is 6.08 Å². The van der Waals surface area contributed by atoms with Gasteiger partial charge in [-0.25, -0.2) is 4.79 Å². The van der Waals surface area contributed by atoms with Crippen LogP contribution in [0.3, 0.4) is 0 Å². The van der Waals surface area contributed by atoms with Gasteiger partial charge in [-0.05, 0) is 35.9 Å². The standard InChI is InChI=1S/C19H19NO6/c1-25-17-12-13(7-8-16(17)22)11-15(19(24)26-10-9-21)20-18(23)14-5-3-2-4-6-14/h2-8,11-12,21-22H,9-10H2,1H3,(H,20,23)/b15-11-. The van der Waals surface area contributed by atoms with Crippen LogP contribution in [0.5, 0.6) is 11.5 Å². The molecule has 0 saturated carbocycles. The summed E-state index contributed by atoms with van der Waals surface area (Å²) in [7, 11) is 1.40. The number of aromatic hydroxyl groups is 1. The zero-order valence-electron chi connectivity index (χ0n) is 14.1. The second-order valence-corrected chi connectivity index (χ2v) is 5.17. The molecule has 2 aromatic carbocycles.